The number of para-hydroxylation sites is 2. The van der Waals surface area contributed by atoms with Gasteiger partial charge < -0.3 is 40.2 Å². The molecule has 13 heteroatoms. The number of aliphatic hydroxyl groups excluding tert-OH is 4. The average molecular weight is 881 g/mol. The molecule has 0 spiro atoms. The molecule has 63 heavy (non-hydrogen) atoms. The molecule has 2 heterocycles. The first-order chi connectivity index (χ1) is 29.8. The van der Waals surface area contributed by atoms with Crippen molar-refractivity contribution in [3.8, 4) is 22.3 Å². The minimum atomic E-state index is -1.36. The van der Waals surface area contributed by atoms with Gasteiger partial charge >= 0.3 is 37.7 Å². The molecule has 2 saturated carbocycles. The SMILES string of the molecule is O=C([O-])C[C@@H](O)C[C@@H](O)/C=C/c1c(C2CC2)nc2ccccc2c1-c1ccc(F)cc1.O=C([O-])C[C@@H](O)C[C@@H](O)/C=C\c1c(C2CC2)nc2ccccc2c1-c1ccc(F)cc1.[Ca+2]. The molecule has 0 aliphatic heterocycles. The maximum atomic E-state index is 13.6. The maximum absolute atomic E-state index is 13.6. The summed E-state index contributed by atoms with van der Waals surface area (Å²) in [6.07, 6.45) is 5.02. The molecule has 0 bridgehead atoms. The van der Waals surface area contributed by atoms with Crippen LogP contribution in [0, 0.1) is 11.6 Å². The number of carboxylic acid groups (broad SMARTS) is 2. The van der Waals surface area contributed by atoms with Crippen molar-refractivity contribution in [2.45, 2.75) is 87.6 Å². The van der Waals surface area contributed by atoms with Crippen LogP contribution in [0.5, 0.6) is 0 Å². The standard InChI is InChI=1S/2C25H24FNO4.Ca/c2*26-17-9-7-15(8-10-17)24-20-3-1-2-4-22(20)27-25(16-5-6-16)21(24)12-11-18(28)13-19(29)14-23(30)31;/h2*1-4,7-12,16,18-19,28-29H,5-6,13-14H2,(H,30,31);/q;;+2/p-2/b12-11+;12-11-;/t2*18-,19-;/m00./s1. The van der Waals surface area contributed by atoms with Crippen LogP contribution in [0.4, 0.5) is 8.78 Å². The fourth-order valence-electron chi connectivity index (χ4n) is 7.70. The van der Waals surface area contributed by atoms with Gasteiger partial charge in [0.05, 0.1) is 46.8 Å². The average Bonchev–Trinajstić information content (AvgIpc) is 4.17. The Morgan fingerprint density at radius 2 is 0.937 bits per heavy atom. The topological polar surface area (TPSA) is 187 Å². The maximum Gasteiger partial charge on any atom is 2.00 e. The normalized spacial score (nSPS) is 15.7. The van der Waals surface area contributed by atoms with Crippen LogP contribution in [0.15, 0.2) is 109 Å². The van der Waals surface area contributed by atoms with Gasteiger partial charge in [0, 0.05) is 82.5 Å². The molecule has 0 unspecified atom stereocenters. The van der Waals surface area contributed by atoms with E-state index in [-0.39, 0.29) is 62.2 Å². The van der Waals surface area contributed by atoms with Crippen LogP contribution in [0.3, 0.4) is 0 Å². The van der Waals surface area contributed by atoms with E-state index in [1.165, 1.54) is 24.3 Å². The zero-order valence-electron chi connectivity index (χ0n) is 34.4. The molecule has 0 saturated heterocycles. The summed E-state index contributed by atoms with van der Waals surface area (Å²) in [5, 5.41) is 63.3. The minimum absolute atomic E-state index is 0. The molecule has 320 valence electrons. The van der Waals surface area contributed by atoms with Gasteiger partial charge in [0.15, 0.2) is 0 Å². The quantitative estimate of drug-likeness (QED) is 0.0843. The molecular formula is C50H46CaF2N2O8. The van der Waals surface area contributed by atoms with Crippen LogP contribution in [-0.2, 0) is 9.59 Å². The number of carbonyl (C=O) groups excluding carboxylic acids is 2. The smallest absolute Gasteiger partial charge is 0.550 e. The van der Waals surface area contributed by atoms with E-state index in [1.54, 1.807) is 48.6 Å². The van der Waals surface area contributed by atoms with Gasteiger partial charge in [0.1, 0.15) is 11.6 Å². The molecule has 4 atom stereocenters. The Morgan fingerprint density at radius 1 is 0.587 bits per heavy atom. The Labute approximate surface area is 393 Å². The van der Waals surface area contributed by atoms with Gasteiger partial charge in [-0.1, -0.05) is 85.0 Å². The van der Waals surface area contributed by atoms with Crippen molar-refractivity contribution < 1.29 is 49.0 Å². The number of carboxylic acids is 2. The van der Waals surface area contributed by atoms with Crippen molar-refractivity contribution in [2.75, 3.05) is 0 Å². The summed E-state index contributed by atoms with van der Waals surface area (Å²) >= 11 is 0. The van der Waals surface area contributed by atoms with Gasteiger partial charge in [0.2, 0.25) is 0 Å². The molecule has 10 nitrogen and oxygen atoms in total. The van der Waals surface area contributed by atoms with Crippen molar-refractivity contribution in [3.63, 3.8) is 0 Å². The summed E-state index contributed by atoms with van der Waals surface area (Å²) in [7, 11) is 0. The summed E-state index contributed by atoms with van der Waals surface area (Å²) in [6, 6.07) is 28.1. The molecule has 4 N–H and O–H groups in total. The van der Waals surface area contributed by atoms with Crippen molar-refractivity contribution >= 4 is 83.6 Å². The van der Waals surface area contributed by atoms with E-state index in [4.69, 9.17) is 9.97 Å². The van der Waals surface area contributed by atoms with Gasteiger partial charge in [-0.2, -0.15) is 0 Å². The number of aliphatic carboxylic acids is 2. The van der Waals surface area contributed by atoms with Crippen LogP contribution in [0.25, 0.3) is 56.2 Å². The molecule has 0 radical (unpaired) electrons. The third-order valence-corrected chi connectivity index (χ3v) is 10.9. The van der Waals surface area contributed by atoms with Gasteiger partial charge in [-0.15, -0.1) is 0 Å². The number of hydrogen-bond acceptors (Lipinski definition) is 10. The van der Waals surface area contributed by atoms with Crippen molar-refractivity contribution in [2.24, 2.45) is 0 Å². The molecular weight excluding hydrogens is 835 g/mol. The van der Waals surface area contributed by atoms with E-state index in [9.17, 15) is 49.0 Å². The third kappa shape index (κ3) is 12.6. The number of fused-ring (bicyclic) bond motifs is 2. The minimum Gasteiger partial charge on any atom is -0.550 e. The number of benzene rings is 4. The summed E-state index contributed by atoms with van der Waals surface area (Å²) in [5.74, 6) is -2.72. The second-order valence-corrected chi connectivity index (χ2v) is 16.0. The number of halogens is 2. The van der Waals surface area contributed by atoms with Crippen LogP contribution in [0.1, 0.15) is 85.7 Å². The zero-order valence-corrected chi connectivity index (χ0v) is 36.7. The fraction of sp³-hybridized carbons (Fsp3) is 0.280. The molecule has 2 aliphatic carbocycles. The number of pyridine rings is 2. The monoisotopic (exact) mass is 880 g/mol. The van der Waals surface area contributed by atoms with E-state index in [0.717, 1.165) is 92.3 Å². The number of aromatic nitrogens is 2. The predicted molar refractivity (Wildman–Crippen MR) is 235 cm³/mol. The Morgan fingerprint density at radius 3 is 1.27 bits per heavy atom. The summed E-state index contributed by atoms with van der Waals surface area (Å²) in [6.45, 7) is 0. The van der Waals surface area contributed by atoms with E-state index >= 15 is 0 Å². The van der Waals surface area contributed by atoms with Crippen molar-refractivity contribution in [3.05, 3.63) is 143 Å². The predicted octanol–water partition coefficient (Wildman–Crippen LogP) is 5.99. The third-order valence-electron chi connectivity index (χ3n) is 10.9. The summed E-state index contributed by atoms with van der Waals surface area (Å²) in [5.41, 5.74) is 8.76. The van der Waals surface area contributed by atoms with E-state index in [2.05, 4.69) is 0 Å². The summed E-state index contributed by atoms with van der Waals surface area (Å²) < 4.78 is 27.1. The fourth-order valence-corrected chi connectivity index (χ4v) is 7.70. The van der Waals surface area contributed by atoms with Gasteiger partial charge in [-0.25, -0.2) is 8.78 Å². The molecule has 0 amide bonds. The van der Waals surface area contributed by atoms with Crippen molar-refractivity contribution in [1.82, 2.24) is 9.97 Å². The number of aliphatic hydroxyl groups is 4. The van der Waals surface area contributed by atoms with Gasteiger partial charge in [-0.3, -0.25) is 9.97 Å². The zero-order chi connectivity index (χ0) is 43.9. The first-order valence-electron chi connectivity index (χ1n) is 20.7. The first kappa shape index (κ1) is 47.6. The van der Waals surface area contributed by atoms with Crippen molar-refractivity contribution in [1.29, 1.82) is 0 Å². The van der Waals surface area contributed by atoms with Gasteiger partial charge in [0.25, 0.3) is 0 Å². The second-order valence-electron chi connectivity index (χ2n) is 16.0. The van der Waals surface area contributed by atoms with Crippen LogP contribution < -0.4 is 10.2 Å². The second kappa shape index (κ2) is 21.6. The van der Waals surface area contributed by atoms with Crippen LogP contribution in [-0.4, -0.2) is 104 Å². The largest absolute Gasteiger partial charge is 2.00 e. The van der Waals surface area contributed by atoms with E-state index in [0.29, 0.717) is 11.8 Å². The molecule has 8 rings (SSSR count). The Hall–Kier alpha value is -4.92. The molecule has 6 aromatic rings. The Kier molecular flexibility index (Phi) is 16.3. The Bertz CT molecular complexity index is 2430. The molecule has 2 aromatic heterocycles. The Balaban J connectivity index is 0.000000206. The number of carbonyl (C=O) groups is 2. The molecule has 2 aliphatic rings. The number of rotatable bonds is 16. The number of nitrogens with zero attached hydrogens (tertiary/aromatic N) is 2. The molecule has 4 aromatic carbocycles. The van der Waals surface area contributed by atoms with Crippen LogP contribution in [0.2, 0.25) is 0 Å². The van der Waals surface area contributed by atoms with Gasteiger partial charge in [-0.05, 0) is 73.2 Å². The molecule has 2 fully saturated rings. The van der Waals surface area contributed by atoms with Crippen LogP contribution >= 0.6 is 0 Å². The number of hydrogen-bond donors (Lipinski definition) is 4. The van der Waals surface area contributed by atoms with E-state index < -0.39 is 49.2 Å². The first-order valence-corrected chi connectivity index (χ1v) is 20.7. The van der Waals surface area contributed by atoms with E-state index in [1.807, 2.05) is 48.5 Å². The summed E-state index contributed by atoms with van der Waals surface area (Å²) in [4.78, 5) is 31.0.